The summed E-state index contributed by atoms with van der Waals surface area (Å²) in [5.41, 5.74) is 27.9. The molecule has 0 saturated carbocycles. The summed E-state index contributed by atoms with van der Waals surface area (Å²) in [6.07, 6.45) is 0. The zero-order valence-electron chi connectivity index (χ0n) is 25.0. The fourth-order valence-electron chi connectivity index (χ4n) is 3.23. The van der Waals surface area contributed by atoms with Crippen LogP contribution >= 0.6 is 0 Å². The molecule has 0 N–H and O–H groups in total. The molecule has 3 rings (SSSR count). The molecule has 0 radical (unpaired) electrons. The van der Waals surface area contributed by atoms with Crippen molar-refractivity contribution >= 4 is 0 Å². The molecule has 0 aliphatic rings. The lowest BCUT2D eigenvalue weighted by Crippen LogP contribution is -1.93. The first-order valence-corrected chi connectivity index (χ1v) is 13.4. The van der Waals surface area contributed by atoms with E-state index in [1.54, 1.807) is 0 Å². The van der Waals surface area contributed by atoms with E-state index in [0.717, 1.165) is 17.2 Å². The van der Waals surface area contributed by atoms with Gasteiger partial charge >= 0.3 is 0 Å². The summed E-state index contributed by atoms with van der Waals surface area (Å²) in [6, 6.07) is 23.3. The second-order valence-corrected chi connectivity index (χ2v) is 9.68. The fraction of sp³-hybridized carbons (Fsp3) is 0.400. The molecule has 0 unspecified atom stereocenters. The highest BCUT2D eigenvalue weighted by molar-refractivity contribution is 5.30. The van der Waals surface area contributed by atoms with Crippen LogP contribution in [0.2, 0.25) is 0 Å². The second-order valence-electron chi connectivity index (χ2n) is 9.68. The van der Waals surface area contributed by atoms with Gasteiger partial charge in [-0.25, -0.2) is 0 Å². The molecule has 0 aromatic heterocycles. The zero-order chi connectivity index (χ0) is 31.2. The van der Waals surface area contributed by atoms with E-state index >= 15 is 0 Å². The van der Waals surface area contributed by atoms with Crippen LogP contribution in [0, 0.1) is 0 Å². The topological polar surface area (TPSA) is 174 Å². The number of benzene rings is 3. The highest BCUT2D eigenvalue weighted by Gasteiger charge is 2.00. The quantitative estimate of drug-likeness (QED) is 0.119. The molecule has 3 aromatic carbocycles. The van der Waals surface area contributed by atoms with E-state index in [-0.39, 0.29) is 20.2 Å². The SMILES string of the molecule is CC(C)c1ccc(OCN=[N+]=[N-])cc1.CC(C)c1ccc(OCN=[N+]=[N-])cc1.CC(C)c1ccc(OCN=[N+]=[N-])cc1. The van der Waals surface area contributed by atoms with E-state index in [0.29, 0.717) is 17.8 Å². The van der Waals surface area contributed by atoms with Crippen LogP contribution in [0.1, 0.15) is 76.0 Å². The van der Waals surface area contributed by atoms with Gasteiger partial charge in [-0.2, -0.15) is 0 Å². The molecule has 0 amide bonds. The van der Waals surface area contributed by atoms with Crippen molar-refractivity contribution in [1.29, 1.82) is 0 Å². The molecule has 0 aliphatic heterocycles. The van der Waals surface area contributed by atoms with E-state index < -0.39 is 0 Å². The molecule has 0 heterocycles. The predicted octanol–water partition coefficient (Wildman–Crippen LogP) is 10.4. The molecule has 42 heavy (non-hydrogen) atoms. The predicted molar refractivity (Wildman–Crippen MR) is 166 cm³/mol. The molecule has 0 atom stereocenters. The first kappa shape index (κ1) is 35.0. The summed E-state index contributed by atoms with van der Waals surface area (Å²) in [4.78, 5) is 7.79. The molecular weight excluding hydrogens is 534 g/mol. The first-order valence-electron chi connectivity index (χ1n) is 13.4. The van der Waals surface area contributed by atoms with Gasteiger partial charge in [0.05, 0.1) is 0 Å². The van der Waals surface area contributed by atoms with Gasteiger partial charge in [-0.05, 0) is 87.4 Å². The van der Waals surface area contributed by atoms with Gasteiger partial charge in [-0.15, -0.1) is 0 Å². The Morgan fingerprint density at radius 3 is 0.833 bits per heavy atom. The number of hydrogen-bond acceptors (Lipinski definition) is 6. The number of ether oxygens (including phenoxy) is 3. The average Bonchev–Trinajstić information content (AvgIpc) is 2.99. The number of nitrogens with zero attached hydrogens (tertiary/aromatic N) is 9. The third kappa shape index (κ3) is 15.0. The number of rotatable bonds is 12. The summed E-state index contributed by atoms with van der Waals surface area (Å²) in [5.74, 6) is 3.72. The van der Waals surface area contributed by atoms with Crippen LogP contribution in [-0.4, -0.2) is 20.2 Å². The normalized spacial score (nSPS) is 9.64. The Kier molecular flexibility index (Phi) is 17.4. The van der Waals surface area contributed by atoms with Crippen LogP contribution < -0.4 is 14.2 Å². The Morgan fingerprint density at radius 2 is 0.667 bits per heavy atom. The fourth-order valence-corrected chi connectivity index (χ4v) is 3.23. The molecule has 12 heteroatoms. The zero-order valence-corrected chi connectivity index (χ0v) is 25.0. The van der Waals surface area contributed by atoms with E-state index in [4.69, 9.17) is 30.8 Å². The average molecular weight is 574 g/mol. The van der Waals surface area contributed by atoms with Gasteiger partial charge in [0, 0.05) is 14.7 Å². The number of hydrogen-bond donors (Lipinski definition) is 0. The lowest BCUT2D eigenvalue weighted by molar-refractivity contribution is 0.329. The Balaban J connectivity index is 0.000000315. The molecule has 0 aliphatic carbocycles. The Morgan fingerprint density at radius 1 is 0.452 bits per heavy atom. The van der Waals surface area contributed by atoms with Crippen molar-refractivity contribution in [2.75, 3.05) is 20.2 Å². The van der Waals surface area contributed by atoms with Crippen LogP contribution in [0.25, 0.3) is 31.3 Å². The molecule has 12 nitrogen and oxygen atoms in total. The van der Waals surface area contributed by atoms with Crippen molar-refractivity contribution in [3.63, 3.8) is 0 Å². The van der Waals surface area contributed by atoms with Crippen molar-refractivity contribution in [3.05, 3.63) is 121 Å². The van der Waals surface area contributed by atoms with Gasteiger partial charge in [0.15, 0.2) is 20.2 Å². The molecule has 222 valence electrons. The van der Waals surface area contributed by atoms with E-state index in [1.807, 2.05) is 72.8 Å². The molecular formula is C30H39N9O3. The van der Waals surface area contributed by atoms with Gasteiger partial charge in [-0.3, -0.25) is 0 Å². The summed E-state index contributed by atoms with van der Waals surface area (Å²) < 4.78 is 15.5. The van der Waals surface area contributed by atoms with Crippen LogP contribution in [0.15, 0.2) is 88.1 Å². The number of azide groups is 3. The van der Waals surface area contributed by atoms with Gasteiger partial charge in [-0.1, -0.05) is 93.3 Å². The largest absolute Gasteiger partial charge is 0.488 e. The van der Waals surface area contributed by atoms with Crippen LogP contribution in [0.3, 0.4) is 0 Å². The summed E-state index contributed by atoms with van der Waals surface area (Å²) >= 11 is 0. The third-order valence-corrected chi connectivity index (χ3v) is 5.70. The maximum Gasteiger partial charge on any atom is 0.167 e. The van der Waals surface area contributed by atoms with E-state index in [2.05, 4.69) is 71.6 Å². The molecule has 3 aromatic rings. The van der Waals surface area contributed by atoms with Gasteiger partial charge in [0.2, 0.25) is 0 Å². The van der Waals surface area contributed by atoms with Crippen molar-refractivity contribution in [2.45, 2.75) is 59.3 Å². The Hall–Kier alpha value is -5.01. The lowest BCUT2D eigenvalue weighted by atomic mass is 10.0. The summed E-state index contributed by atoms with van der Waals surface area (Å²) in [5, 5.41) is 9.85. The Bertz CT molecular complexity index is 1140. The maximum absolute atomic E-state index is 8.04. The lowest BCUT2D eigenvalue weighted by Gasteiger charge is -2.06. The minimum Gasteiger partial charge on any atom is -0.488 e. The second kappa shape index (κ2) is 20.8. The highest BCUT2D eigenvalue weighted by Crippen LogP contribution is 2.20. The summed E-state index contributed by atoms with van der Waals surface area (Å²) in [7, 11) is 0. The molecule has 0 fully saturated rings. The van der Waals surface area contributed by atoms with Crippen LogP contribution in [0.5, 0.6) is 17.2 Å². The first-order chi connectivity index (χ1) is 20.2. The van der Waals surface area contributed by atoms with Crippen LogP contribution in [-0.2, 0) is 0 Å². The van der Waals surface area contributed by atoms with Gasteiger partial charge < -0.3 is 14.2 Å². The molecule has 0 saturated heterocycles. The molecule has 0 bridgehead atoms. The van der Waals surface area contributed by atoms with Gasteiger partial charge in [0.1, 0.15) is 17.2 Å². The maximum atomic E-state index is 8.04. The summed E-state index contributed by atoms with van der Waals surface area (Å²) in [6.45, 7) is 12.9. The van der Waals surface area contributed by atoms with Gasteiger partial charge in [0.25, 0.3) is 0 Å². The van der Waals surface area contributed by atoms with E-state index in [1.165, 1.54) is 16.7 Å². The van der Waals surface area contributed by atoms with E-state index in [9.17, 15) is 0 Å². The molecule has 0 spiro atoms. The van der Waals surface area contributed by atoms with Crippen LogP contribution in [0.4, 0.5) is 0 Å². The standard InChI is InChI=1S/3C10H13N3O/c3*1-8(2)9-3-5-10(6-4-9)14-7-12-13-11/h3*3-6,8H,7H2,1-2H3. The monoisotopic (exact) mass is 573 g/mol. The van der Waals surface area contributed by atoms with Crippen molar-refractivity contribution in [1.82, 2.24) is 0 Å². The van der Waals surface area contributed by atoms with Crippen molar-refractivity contribution in [2.24, 2.45) is 15.3 Å². The minimum atomic E-state index is 0.0392. The third-order valence-electron chi connectivity index (χ3n) is 5.70. The minimum absolute atomic E-state index is 0.0392. The van der Waals surface area contributed by atoms with Crippen molar-refractivity contribution in [3.8, 4) is 17.2 Å². The Labute approximate surface area is 247 Å². The van der Waals surface area contributed by atoms with Crippen molar-refractivity contribution < 1.29 is 14.2 Å². The highest BCUT2D eigenvalue weighted by atomic mass is 16.5. The smallest absolute Gasteiger partial charge is 0.167 e.